The number of carboxylic acids is 1. The summed E-state index contributed by atoms with van der Waals surface area (Å²) < 4.78 is 0. The molecule has 0 aliphatic rings. The Kier molecular flexibility index (Phi) is 17.5. The van der Waals surface area contributed by atoms with Crippen LogP contribution in [0.3, 0.4) is 0 Å². The summed E-state index contributed by atoms with van der Waals surface area (Å²) in [5, 5.41) is 12.1. The van der Waals surface area contributed by atoms with E-state index in [1.165, 1.54) is 38.5 Å². The maximum atomic E-state index is 11.0. The molecule has 0 radical (unpaired) electrons. The first kappa shape index (κ1) is 22.5. The van der Waals surface area contributed by atoms with Gasteiger partial charge in [0.2, 0.25) is 0 Å². The second-order valence-electron chi connectivity index (χ2n) is 5.57. The molecule has 0 aromatic heterocycles. The average molecular weight is 293 g/mol. The molecule has 0 saturated carbocycles. The minimum absolute atomic E-state index is 0. The van der Waals surface area contributed by atoms with Crippen molar-refractivity contribution in [2.24, 2.45) is 5.92 Å². The maximum absolute atomic E-state index is 11.0. The summed E-state index contributed by atoms with van der Waals surface area (Å²) >= 11 is 0. The third-order valence-electron chi connectivity index (χ3n) is 3.38. The van der Waals surface area contributed by atoms with Crippen LogP contribution in [0.5, 0.6) is 0 Å². The minimum atomic E-state index is -0.739. The summed E-state index contributed by atoms with van der Waals surface area (Å²) in [6.45, 7) is 8.41. The molecule has 0 saturated heterocycles. The van der Waals surface area contributed by atoms with Gasteiger partial charge in [0.05, 0.1) is 0 Å². The number of nitrogens with one attached hydrogen (secondary N) is 1. The molecule has 0 spiro atoms. The molecule has 0 rings (SSSR count). The number of carboxylic acid groups (broad SMARTS) is 1. The van der Waals surface area contributed by atoms with Gasteiger partial charge >= 0.3 is 35.5 Å². The van der Waals surface area contributed by atoms with Crippen molar-refractivity contribution in [2.75, 3.05) is 6.54 Å². The summed E-state index contributed by atoms with van der Waals surface area (Å²) in [5.74, 6) is -0.598. The number of allylic oxidation sites excluding steroid dienone is 1. The van der Waals surface area contributed by atoms with Gasteiger partial charge in [-0.05, 0) is 31.7 Å². The molecule has 0 aromatic rings. The van der Waals surface area contributed by atoms with E-state index in [1.54, 1.807) is 0 Å². The average Bonchev–Trinajstić information content (AvgIpc) is 2.35. The fraction of sp³-hybridized carbons (Fsp3) is 0.812. The Balaban J connectivity index is 0. The van der Waals surface area contributed by atoms with E-state index < -0.39 is 12.0 Å². The van der Waals surface area contributed by atoms with E-state index in [0.29, 0.717) is 0 Å². The molecule has 1 atom stereocenters. The molecule has 4 heteroatoms. The molecular formula is C16H32NNaO2. The zero-order valence-corrected chi connectivity index (χ0v) is 12.7. The third kappa shape index (κ3) is 13.2. The molecule has 2 N–H and O–H groups in total. The fourth-order valence-electron chi connectivity index (χ4n) is 2.16. The van der Waals surface area contributed by atoms with Gasteiger partial charge in [-0.2, -0.15) is 0 Å². The number of hydrogen-bond acceptors (Lipinski definition) is 2. The van der Waals surface area contributed by atoms with Crippen molar-refractivity contribution < 1.29 is 9.90 Å². The first-order valence-electron chi connectivity index (χ1n) is 7.66. The summed E-state index contributed by atoms with van der Waals surface area (Å²) in [6, 6.07) is -0.404. The molecule has 0 bridgehead atoms. The fourth-order valence-corrected chi connectivity index (χ4v) is 2.16. The Bertz CT molecular complexity index is 245. The van der Waals surface area contributed by atoms with E-state index in [0.717, 1.165) is 19.4 Å². The van der Waals surface area contributed by atoms with E-state index in [-0.39, 0.29) is 35.5 Å². The van der Waals surface area contributed by atoms with Gasteiger partial charge in [0.1, 0.15) is 6.04 Å². The predicted molar refractivity (Wildman–Crippen MR) is 88.5 cm³/mol. The van der Waals surface area contributed by atoms with Crippen LogP contribution in [0.2, 0.25) is 0 Å². The molecule has 20 heavy (non-hydrogen) atoms. The Morgan fingerprint density at radius 3 is 2.05 bits per heavy atom. The van der Waals surface area contributed by atoms with E-state index in [9.17, 15) is 4.79 Å². The molecule has 0 aliphatic heterocycles. The number of carbonyl (C=O) groups is 1. The molecular weight excluding hydrogens is 261 g/mol. The number of rotatable bonds is 13. The van der Waals surface area contributed by atoms with Gasteiger partial charge in [-0.25, -0.2) is 0 Å². The van der Waals surface area contributed by atoms with Crippen LogP contribution in [-0.2, 0) is 4.79 Å². The normalized spacial score (nSPS) is 11.9. The third-order valence-corrected chi connectivity index (χ3v) is 3.38. The van der Waals surface area contributed by atoms with Crippen LogP contribution in [0.4, 0.5) is 0 Å². The molecule has 0 aliphatic carbocycles. The molecule has 0 unspecified atom stereocenters. The van der Waals surface area contributed by atoms with Crippen LogP contribution in [-0.4, -0.2) is 53.2 Å². The second-order valence-corrected chi connectivity index (χ2v) is 5.57. The first-order chi connectivity index (χ1) is 9.09. The topological polar surface area (TPSA) is 49.3 Å². The molecule has 0 amide bonds. The van der Waals surface area contributed by atoms with Gasteiger partial charge in [-0.1, -0.05) is 52.0 Å². The van der Waals surface area contributed by atoms with Crippen LogP contribution in [0, 0.1) is 5.92 Å². The van der Waals surface area contributed by atoms with E-state index >= 15 is 0 Å². The SMILES string of the molecule is C=CCCCCCCCCCN[C@H](C(=O)O)C(C)C.[NaH]. The van der Waals surface area contributed by atoms with Gasteiger partial charge in [0.25, 0.3) is 0 Å². The van der Waals surface area contributed by atoms with Crippen LogP contribution < -0.4 is 5.32 Å². The van der Waals surface area contributed by atoms with Crippen LogP contribution in [0.1, 0.15) is 65.2 Å². The van der Waals surface area contributed by atoms with Gasteiger partial charge in [0.15, 0.2) is 0 Å². The van der Waals surface area contributed by atoms with Crippen molar-refractivity contribution in [1.29, 1.82) is 0 Å². The van der Waals surface area contributed by atoms with Gasteiger partial charge in [-0.3, -0.25) is 4.79 Å². The quantitative estimate of drug-likeness (QED) is 0.311. The van der Waals surface area contributed by atoms with Gasteiger partial charge in [-0.15, -0.1) is 6.58 Å². The van der Waals surface area contributed by atoms with Crippen molar-refractivity contribution in [3.05, 3.63) is 12.7 Å². The summed E-state index contributed by atoms with van der Waals surface area (Å²) in [4.78, 5) is 11.0. The Labute approximate surface area is 146 Å². The Morgan fingerprint density at radius 2 is 1.60 bits per heavy atom. The van der Waals surface area contributed by atoms with Crippen molar-refractivity contribution in [3.63, 3.8) is 0 Å². The monoisotopic (exact) mass is 293 g/mol. The van der Waals surface area contributed by atoms with Gasteiger partial charge in [0, 0.05) is 0 Å². The first-order valence-corrected chi connectivity index (χ1v) is 7.66. The molecule has 0 fully saturated rings. The van der Waals surface area contributed by atoms with Gasteiger partial charge < -0.3 is 10.4 Å². The zero-order chi connectivity index (χ0) is 14.5. The van der Waals surface area contributed by atoms with E-state index in [2.05, 4.69) is 11.9 Å². The van der Waals surface area contributed by atoms with E-state index in [4.69, 9.17) is 5.11 Å². The summed E-state index contributed by atoms with van der Waals surface area (Å²) in [5.41, 5.74) is 0. The summed E-state index contributed by atoms with van der Waals surface area (Å²) in [6.07, 6.45) is 11.8. The Morgan fingerprint density at radius 1 is 1.10 bits per heavy atom. The Hall–Kier alpha value is 0.170. The van der Waals surface area contributed by atoms with E-state index in [1.807, 2.05) is 19.9 Å². The zero-order valence-electron chi connectivity index (χ0n) is 12.7. The molecule has 3 nitrogen and oxygen atoms in total. The standard InChI is InChI=1S/C16H31NO2.Na.H/c1-4-5-6-7-8-9-10-11-12-13-17-15(14(2)3)16(18)19;;/h4,14-15,17H,1,5-13H2,2-3H3,(H,18,19);;/t15-;;/m0../s1. The van der Waals surface area contributed by atoms with Crippen molar-refractivity contribution in [2.45, 2.75) is 71.3 Å². The second kappa shape index (κ2) is 15.6. The van der Waals surface area contributed by atoms with Crippen LogP contribution in [0.15, 0.2) is 12.7 Å². The molecule has 114 valence electrons. The molecule has 0 aromatic carbocycles. The summed E-state index contributed by atoms with van der Waals surface area (Å²) in [7, 11) is 0. The number of unbranched alkanes of at least 4 members (excludes halogenated alkanes) is 7. The van der Waals surface area contributed by atoms with Crippen molar-refractivity contribution >= 4 is 35.5 Å². The van der Waals surface area contributed by atoms with Crippen LogP contribution >= 0.6 is 0 Å². The number of aliphatic carboxylic acids is 1. The van der Waals surface area contributed by atoms with Crippen molar-refractivity contribution in [3.8, 4) is 0 Å². The molecule has 0 heterocycles. The van der Waals surface area contributed by atoms with Crippen LogP contribution in [0.25, 0.3) is 0 Å². The number of hydrogen-bond donors (Lipinski definition) is 2. The predicted octanol–water partition coefficient (Wildman–Crippen LogP) is 3.34. The van der Waals surface area contributed by atoms with Crippen molar-refractivity contribution in [1.82, 2.24) is 5.32 Å².